The summed E-state index contributed by atoms with van der Waals surface area (Å²) < 4.78 is 42.5. The van der Waals surface area contributed by atoms with Gasteiger partial charge in [0.2, 0.25) is 5.91 Å². The van der Waals surface area contributed by atoms with Crippen LogP contribution in [-0.2, 0) is 17.5 Å². The quantitative estimate of drug-likeness (QED) is 0.442. The molecule has 3 aromatic rings. The van der Waals surface area contributed by atoms with Gasteiger partial charge in [-0.05, 0) is 57.4 Å². The fourth-order valence-electron chi connectivity index (χ4n) is 3.72. The second-order valence-corrected chi connectivity index (χ2v) is 9.12. The topological polar surface area (TPSA) is 64.7 Å². The zero-order valence-electron chi connectivity index (χ0n) is 18.2. The molecule has 1 fully saturated rings. The average Bonchev–Trinajstić information content (AvgIpc) is 3.42. The van der Waals surface area contributed by atoms with E-state index in [2.05, 4.69) is 15.5 Å². The SMILES string of the molecule is Cc1nn(Cc2ccc(Cl)cc2Cl)c(C)c1NC(=O)C(C)n1nc(C(F)(F)F)cc1C1CC1. The van der Waals surface area contributed by atoms with Gasteiger partial charge in [-0.3, -0.25) is 14.2 Å². The zero-order chi connectivity index (χ0) is 24.1. The molecule has 1 unspecified atom stereocenters. The maximum Gasteiger partial charge on any atom is 0.435 e. The molecular weight excluding hydrogens is 478 g/mol. The summed E-state index contributed by atoms with van der Waals surface area (Å²) in [6.45, 7) is 5.46. The molecule has 11 heteroatoms. The molecule has 1 saturated carbocycles. The van der Waals surface area contributed by atoms with Crippen molar-refractivity contribution in [1.29, 1.82) is 0 Å². The monoisotopic (exact) mass is 499 g/mol. The summed E-state index contributed by atoms with van der Waals surface area (Å²) in [6.07, 6.45) is -2.99. The summed E-state index contributed by atoms with van der Waals surface area (Å²) >= 11 is 12.2. The molecule has 2 aromatic heterocycles. The van der Waals surface area contributed by atoms with E-state index in [9.17, 15) is 18.0 Å². The van der Waals surface area contributed by atoms with Crippen molar-refractivity contribution >= 4 is 34.8 Å². The van der Waals surface area contributed by atoms with E-state index >= 15 is 0 Å². The van der Waals surface area contributed by atoms with Crippen molar-refractivity contribution in [3.8, 4) is 0 Å². The number of aromatic nitrogens is 4. The Bertz CT molecular complexity index is 1210. The molecule has 0 aliphatic heterocycles. The molecule has 0 saturated heterocycles. The minimum absolute atomic E-state index is 0.000744. The van der Waals surface area contributed by atoms with Gasteiger partial charge in [-0.15, -0.1) is 0 Å². The lowest BCUT2D eigenvalue weighted by Crippen LogP contribution is -2.26. The maximum absolute atomic E-state index is 13.2. The van der Waals surface area contributed by atoms with Crippen molar-refractivity contribution in [2.45, 2.75) is 58.3 Å². The first-order chi connectivity index (χ1) is 15.5. The van der Waals surface area contributed by atoms with Gasteiger partial charge in [-0.1, -0.05) is 29.3 Å². The van der Waals surface area contributed by atoms with Crippen LogP contribution in [0.2, 0.25) is 10.0 Å². The highest BCUT2D eigenvalue weighted by Gasteiger charge is 2.39. The molecule has 6 nitrogen and oxygen atoms in total. The molecule has 2 heterocycles. The molecule has 1 atom stereocenters. The molecule has 0 bridgehead atoms. The van der Waals surface area contributed by atoms with E-state index in [-0.39, 0.29) is 5.92 Å². The van der Waals surface area contributed by atoms with Gasteiger partial charge in [0.1, 0.15) is 6.04 Å². The fraction of sp³-hybridized carbons (Fsp3) is 0.409. The predicted octanol–water partition coefficient (Wildman–Crippen LogP) is 6.15. The molecule has 1 aliphatic rings. The van der Waals surface area contributed by atoms with Crippen molar-refractivity contribution < 1.29 is 18.0 Å². The first kappa shape index (κ1) is 23.6. The van der Waals surface area contributed by atoms with Gasteiger partial charge < -0.3 is 5.32 Å². The van der Waals surface area contributed by atoms with E-state index in [1.54, 1.807) is 36.7 Å². The summed E-state index contributed by atoms with van der Waals surface area (Å²) in [4.78, 5) is 13.0. The van der Waals surface area contributed by atoms with Gasteiger partial charge >= 0.3 is 6.18 Å². The Morgan fingerprint density at radius 1 is 1.21 bits per heavy atom. The summed E-state index contributed by atoms with van der Waals surface area (Å²) in [5.41, 5.74) is 2.04. The molecule has 33 heavy (non-hydrogen) atoms. The van der Waals surface area contributed by atoms with Crippen molar-refractivity contribution in [3.05, 3.63) is 62.6 Å². The number of benzene rings is 1. The zero-order valence-corrected chi connectivity index (χ0v) is 19.7. The van der Waals surface area contributed by atoms with Gasteiger partial charge in [0.05, 0.1) is 23.6 Å². The predicted molar refractivity (Wildman–Crippen MR) is 120 cm³/mol. The van der Waals surface area contributed by atoms with E-state index in [1.807, 2.05) is 0 Å². The number of rotatable bonds is 6. The lowest BCUT2D eigenvalue weighted by molar-refractivity contribution is -0.141. The number of nitrogens with one attached hydrogen (secondary N) is 1. The highest BCUT2D eigenvalue weighted by molar-refractivity contribution is 6.35. The Morgan fingerprint density at radius 2 is 1.91 bits per heavy atom. The normalized spacial score (nSPS) is 15.0. The molecule has 1 aliphatic carbocycles. The minimum atomic E-state index is -4.57. The number of amides is 1. The Labute approximate surface area is 198 Å². The van der Waals surface area contributed by atoms with Gasteiger partial charge in [-0.2, -0.15) is 23.4 Å². The first-order valence-electron chi connectivity index (χ1n) is 10.4. The van der Waals surface area contributed by atoms with E-state index in [1.165, 1.54) is 11.6 Å². The largest absolute Gasteiger partial charge is 0.435 e. The highest BCUT2D eigenvalue weighted by Crippen LogP contribution is 2.43. The highest BCUT2D eigenvalue weighted by atomic mass is 35.5. The molecule has 4 rings (SSSR count). The van der Waals surface area contributed by atoms with Crippen LogP contribution >= 0.6 is 23.2 Å². The fourth-order valence-corrected chi connectivity index (χ4v) is 4.19. The van der Waals surface area contributed by atoms with E-state index in [0.717, 1.165) is 24.5 Å². The maximum atomic E-state index is 13.2. The van der Waals surface area contributed by atoms with E-state index in [4.69, 9.17) is 23.2 Å². The lowest BCUT2D eigenvalue weighted by Gasteiger charge is -2.16. The Morgan fingerprint density at radius 3 is 2.52 bits per heavy atom. The first-order valence-corrected chi connectivity index (χ1v) is 11.2. The molecule has 176 valence electrons. The number of aryl methyl sites for hydroxylation is 1. The van der Waals surface area contributed by atoms with E-state index in [0.29, 0.717) is 39.4 Å². The van der Waals surface area contributed by atoms with Crippen molar-refractivity contribution in [3.63, 3.8) is 0 Å². The molecule has 0 spiro atoms. The second kappa shape index (κ2) is 8.68. The standard InChI is InChI=1S/C22H22Cl2F3N5O/c1-11-20(12(2)31(29-11)10-15-6-7-16(23)8-17(15)24)28-21(33)13(3)32-18(14-4-5-14)9-19(30-32)22(25,26)27/h6-9,13-14H,4-5,10H2,1-3H3,(H,28,33). The third-order valence-electron chi connectivity index (χ3n) is 5.76. The Balaban J connectivity index is 1.56. The van der Waals surface area contributed by atoms with Crippen LogP contribution in [0.5, 0.6) is 0 Å². The Hall–Kier alpha value is -2.52. The number of halogens is 5. The van der Waals surface area contributed by atoms with Gasteiger partial charge in [0.15, 0.2) is 5.69 Å². The van der Waals surface area contributed by atoms with E-state index < -0.39 is 23.8 Å². The summed E-state index contributed by atoms with van der Waals surface area (Å²) in [6, 6.07) is 5.30. The molecular formula is C22H22Cl2F3N5O. The Kier molecular flexibility index (Phi) is 6.22. The van der Waals surface area contributed by atoms with Crippen molar-refractivity contribution in [2.24, 2.45) is 0 Å². The summed E-state index contributed by atoms with van der Waals surface area (Å²) in [7, 11) is 0. The number of carbonyl (C=O) groups is 1. The second-order valence-electron chi connectivity index (χ2n) is 8.28. The van der Waals surface area contributed by atoms with Crippen LogP contribution in [0.1, 0.15) is 60.1 Å². The number of anilines is 1. The number of hydrogen-bond donors (Lipinski definition) is 1. The third-order valence-corrected chi connectivity index (χ3v) is 6.35. The summed E-state index contributed by atoms with van der Waals surface area (Å²) in [5.74, 6) is -0.469. The molecule has 0 radical (unpaired) electrons. The van der Waals surface area contributed by atoms with Gasteiger partial charge in [0.25, 0.3) is 0 Å². The van der Waals surface area contributed by atoms with Crippen molar-refractivity contribution in [2.75, 3.05) is 5.32 Å². The van der Waals surface area contributed by atoms with Crippen molar-refractivity contribution in [1.82, 2.24) is 19.6 Å². The molecule has 1 aromatic carbocycles. The minimum Gasteiger partial charge on any atom is -0.321 e. The van der Waals surface area contributed by atoms with Crippen LogP contribution in [0, 0.1) is 13.8 Å². The van der Waals surface area contributed by atoms with Crippen LogP contribution in [0.4, 0.5) is 18.9 Å². The molecule has 1 amide bonds. The lowest BCUT2D eigenvalue weighted by atomic mass is 10.2. The molecule has 1 N–H and O–H groups in total. The van der Waals surface area contributed by atoms with Crippen LogP contribution < -0.4 is 5.32 Å². The number of alkyl halides is 3. The number of nitrogens with zero attached hydrogens (tertiary/aromatic N) is 4. The number of hydrogen-bond acceptors (Lipinski definition) is 3. The van der Waals surface area contributed by atoms with Crippen LogP contribution in [0.3, 0.4) is 0 Å². The van der Waals surface area contributed by atoms with Crippen LogP contribution in [0.15, 0.2) is 24.3 Å². The van der Waals surface area contributed by atoms with Crippen LogP contribution in [-0.4, -0.2) is 25.5 Å². The van der Waals surface area contributed by atoms with Crippen LogP contribution in [0.25, 0.3) is 0 Å². The number of carbonyl (C=O) groups excluding carboxylic acids is 1. The van der Waals surface area contributed by atoms with Gasteiger partial charge in [-0.25, -0.2) is 0 Å². The third kappa shape index (κ3) is 4.89. The average molecular weight is 500 g/mol. The summed E-state index contributed by atoms with van der Waals surface area (Å²) in [5, 5.41) is 12.0. The smallest absolute Gasteiger partial charge is 0.321 e. The van der Waals surface area contributed by atoms with Gasteiger partial charge in [0, 0.05) is 21.7 Å².